The molecule has 0 radical (unpaired) electrons. The van der Waals surface area contributed by atoms with Crippen LogP contribution in [0, 0.1) is 12.8 Å². The molecule has 1 N–H and O–H groups in total. The molecule has 7 heteroatoms. The van der Waals surface area contributed by atoms with Gasteiger partial charge in [0.2, 0.25) is 0 Å². The molecule has 33 heavy (non-hydrogen) atoms. The lowest BCUT2D eigenvalue weighted by Crippen LogP contribution is -2.51. The highest BCUT2D eigenvalue weighted by atomic mass is 32.2. The zero-order chi connectivity index (χ0) is 24.0. The molecule has 0 aliphatic heterocycles. The molecule has 0 aromatic heterocycles. The average molecular weight is 473 g/mol. The van der Waals surface area contributed by atoms with E-state index in [9.17, 15) is 13.2 Å². The number of carbonyl (C=O) groups excluding carboxylic acids is 1. The number of carbonyl (C=O) groups is 1. The highest BCUT2D eigenvalue weighted by molar-refractivity contribution is 7.91. The molecule has 0 spiro atoms. The van der Waals surface area contributed by atoms with E-state index < -0.39 is 15.9 Å². The first-order valence-corrected chi connectivity index (χ1v) is 13.3. The number of sulfone groups is 1. The zero-order valence-electron chi connectivity index (χ0n) is 20.0. The first-order valence-electron chi connectivity index (χ1n) is 11.6. The van der Waals surface area contributed by atoms with Gasteiger partial charge in [-0.25, -0.2) is 13.2 Å². The van der Waals surface area contributed by atoms with E-state index in [4.69, 9.17) is 4.74 Å². The monoisotopic (exact) mass is 472 g/mol. The van der Waals surface area contributed by atoms with Crippen molar-refractivity contribution in [2.45, 2.75) is 69.7 Å². The van der Waals surface area contributed by atoms with Crippen molar-refractivity contribution in [1.29, 1.82) is 0 Å². The quantitative estimate of drug-likeness (QED) is 0.609. The van der Waals surface area contributed by atoms with Crippen LogP contribution in [0.15, 0.2) is 59.5 Å². The van der Waals surface area contributed by atoms with E-state index in [0.717, 1.165) is 24.0 Å². The van der Waals surface area contributed by atoms with Crippen molar-refractivity contribution in [3.05, 3.63) is 65.7 Å². The highest BCUT2D eigenvalue weighted by Crippen LogP contribution is 2.31. The van der Waals surface area contributed by atoms with E-state index in [1.54, 1.807) is 12.1 Å². The standard InChI is InChI=1S/C26H36N2O4S/c1-19(2)28(4)23-12-15-25(27-26(29)32-17-21-8-6-5-7-9-21)22(16-23)18-33(30,31)24-13-10-20(3)11-14-24/h5-11,13-14,19,22-23,25H,12,15-18H2,1-4H3,(H,27,29). The van der Waals surface area contributed by atoms with Crippen LogP contribution in [0.4, 0.5) is 4.79 Å². The molecule has 1 saturated carbocycles. The highest BCUT2D eigenvalue weighted by Gasteiger charge is 2.37. The number of nitrogens with zero attached hydrogens (tertiary/aromatic N) is 1. The van der Waals surface area contributed by atoms with Crippen LogP contribution in [-0.2, 0) is 21.2 Å². The Hall–Kier alpha value is -2.38. The van der Waals surface area contributed by atoms with Crippen LogP contribution in [0.1, 0.15) is 44.2 Å². The Morgan fingerprint density at radius 2 is 1.76 bits per heavy atom. The molecule has 0 saturated heterocycles. The molecule has 1 aliphatic rings. The predicted molar refractivity (Wildman–Crippen MR) is 131 cm³/mol. The van der Waals surface area contributed by atoms with Crippen LogP contribution < -0.4 is 5.32 Å². The molecule has 1 amide bonds. The maximum absolute atomic E-state index is 13.2. The second-order valence-electron chi connectivity index (χ2n) is 9.39. The summed E-state index contributed by atoms with van der Waals surface area (Å²) in [6.45, 7) is 6.40. The fourth-order valence-electron chi connectivity index (χ4n) is 4.44. The lowest BCUT2D eigenvalue weighted by molar-refractivity contribution is 0.100. The minimum atomic E-state index is -3.48. The second kappa shape index (κ2) is 11.2. The van der Waals surface area contributed by atoms with Crippen molar-refractivity contribution in [1.82, 2.24) is 10.2 Å². The summed E-state index contributed by atoms with van der Waals surface area (Å²) in [5, 5.41) is 2.97. The number of hydrogen-bond acceptors (Lipinski definition) is 5. The van der Waals surface area contributed by atoms with Gasteiger partial charge < -0.3 is 15.0 Å². The van der Waals surface area contributed by atoms with Crippen LogP contribution in [0.5, 0.6) is 0 Å². The molecule has 1 fully saturated rings. The average Bonchev–Trinajstić information content (AvgIpc) is 2.79. The molecular formula is C26H36N2O4S. The summed E-state index contributed by atoms with van der Waals surface area (Å²) >= 11 is 0. The van der Waals surface area contributed by atoms with Gasteiger partial charge in [-0.15, -0.1) is 0 Å². The molecule has 0 heterocycles. The molecule has 0 bridgehead atoms. The summed E-state index contributed by atoms with van der Waals surface area (Å²) in [7, 11) is -1.39. The first kappa shape index (κ1) is 25.2. The van der Waals surface area contributed by atoms with Crippen LogP contribution >= 0.6 is 0 Å². The Morgan fingerprint density at radius 1 is 1.09 bits per heavy atom. The van der Waals surface area contributed by atoms with E-state index in [1.807, 2.05) is 49.4 Å². The van der Waals surface area contributed by atoms with Crippen molar-refractivity contribution >= 4 is 15.9 Å². The van der Waals surface area contributed by atoms with Gasteiger partial charge in [0.1, 0.15) is 6.61 Å². The predicted octanol–water partition coefficient (Wildman–Crippen LogP) is 4.57. The van der Waals surface area contributed by atoms with Gasteiger partial charge in [-0.3, -0.25) is 0 Å². The fraction of sp³-hybridized carbons (Fsp3) is 0.500. The van der Waals surface area contributed by atoms with E-state index in [2.05, 4.69) is 31.1 Å². The molecule has 2 aromatic carbocycles. The number of hydrogen-bond donors (Lipinski definition) is 1. The molecule has 180 valence electrons. The summed E-state index contributed by atoms with van der Waals surface area (Å²) < 4.78 is 31.8. The van der Waals surface area contributed by atoms with Crippen molar-refractivity contribution < 1.29 is 17.9 Å². The Bertz CT molecular complexity index is 1010. The number of ether oxygens (including phenoxy) is 1. The van der Waals surface area contributed by atoms with Crippen molar-refractivity contribution in [3.8, 4) is 0 Å². The zero-order valence-corrected chi connectivity index (χ0v) is 20.8. The van der Waals surface area contributed by atoms with Crippen LogP contribution in [-0.4, -0.2) is 50.3 Å². The number of benzene rings is 2. The number of alkyl carbamates (subject to hydrolysis) is 1. The maximum Gasteiger partial charge on any atom is 0.407 e. The Kier molecular flexibility index (Phi) is 8.54. The summed E-state index contributed by atoms with van der Waals surface area (Å²) in [5.74, 6) is -0.192. The maximum atomic E-state index is 13.2. The van der Waals surface area contributed by atoms with Gasteiger partial charge in [0.25, 0.3) is 0 Å². The molecule has 3 atom stereocenters. The number of nitrogens with one attached hydrogen (secondary N) is 1. The summed E-state index contributed by atoms with van der Waals surface area (Å²) in [4.78, 5) is 15.2. The van der Waals surface area contributed by atoms with Crippen LogP contribution in [0.25, 0.3) is 0 Å². The fourth-order valence-corrected chi connectivity index (χ4v) is 6.12. The lowest BCUT2D eigenvalue weighted by Gasteiger charge is -2.41. The normalized spacial score (nSPS) is 21.2. The van der Waals surface area contributed by atoms with Gasteiger partial charge in [-0.1, -0.05) is 48.0 Å². The van der Waals surface area contributed by atoms with Crippen LogP contribution in [0.2, 0.25) is 0 Å². The lowest BCUT2D eigenvalue weighted by atomic mass is 9.81. The Labute approximate surface area is 198 Å². The summed E-state index contributed by atoms with van der Waals surface area (Å²) in [6, 6.07) is 16.9. The summed E-state index contributed by atoms with van der Waals surface area (Å²) in [5.41, 5.74) is 1.93. The SMILES string of the molecule is Cc1ccc(S(=O)(=O)CC2CC(N(C)C(C)C)CCC2NC(=O)OCc2ccccc2)cc1. The molecule has 3 rings (SSSR count). The third-order valence-electron chi connectivity index (χ3n) is 6.67. The van der Waals surface area contributed by atoms with Gasteiger partial charge in [0.15, 0.2) is 9.84 Å². The number of aryl methyl sites for hydroxylation is 1. The molecular weight excluding hydrogens is 436 g/mol. The molecule has 3 unspecified atom stereocenters. The van der Waals surface area contributed by atoms with Gasteiger partial charge in [0, 0.05) is 18.1 Å². The third-order valence-corrected chi connectivity index (χ3v) is 8.53. The molecule has 1 aliphatic carbocycles. The number of amides is 1. The minimum Gasteiger partial charge on any atom is -0.445 e. The van der Waals surface area contributed by atoms with Crippen LogP contribution in [0.3, 0.4) is 0 Å². The van der Waals surface area contributed by atoms with Gasteiger partial charge >= 0.3 is 6.09 Å². The van der Waals surface area contributed by atoms with E-state index in [1.165, 1.54) is 0 Å². The molecule has 6 nitrogen and oxygen atoms in total. The van der Waals surface area contributed by atoms with Crippen molar-refractivity contribution in [2.75, 3.05) is 12.8 Å². The van der Waals surface area contributed by atoms with E-state index in [-0.39, 0.29) is 30.4 Å². The minimum absolute atomic E-state index is 0.00211. The largest absolute Gasteiger partial charge is 0.445 e. The van der Waals surface area contributed by atoms with Crippen molar-refractivity contribution in [2.24, 2.45) is 5.92 Å². The van der Waals surface area contributed by atoms with E-state index >= 15 is 0 Å². The Morgan fingerprint density at radius 3 is 2.39 bits per heavy atom. The Balaban J connectivity index is 1.71. The smallest absolute Gasteiger partial charge is 0.407 e. The van der Waals surface area contributed by atoms with Crippen molar-refractivity contribution in [3.63, 3.8) is 0 Å². The van der Waals surface area contributed by atoms with Gasteiger partial charge in [-0.2, -0.15) is 0 Å². The topological polar surface area (TPSA) is 75.7 Å². The van der Waals surface area contributed by atoms with Gasteiger partial charge in [0.05, 0.1) is 10.6 Å². The first-order chi connectivity index (χ1) is 15.7. The van der Waals surface area contributed by atoms with Gasteiger partial charge in [-0.05, 0) is 70.7 Å². The van der Waals surface area contributed by atoms with E-state index in [0.29, 0.717) is 17.4 Å². The third kappa shape index (κ3) is 7.05. The second-order valence-corrected chi connectivity index (χ2v) is 11.4. The number of rotatable bonds is 8. The molecule has 2 aromatic rings. The summed E-state index contributed by atoms with van der Waals surface area (Å²) in [6.07, 6.45) is 1.83.